The smallest absolute Gasteiger partial charge is 0.124 e. The van der Waals surface area contributed by atoms with Crippen LogP contribution in [-0.2, 0) is 0 Å². The van der Waals surface area contributed by atoms with Crippen molar-refractivity contribution in [2.75, 3.05) is 0 Å². The highest BCUT2D eigenvalue weighted by atomic mass is 127. The van der Waals surface area contributed by atoms with Crippen LogP contribution in [0.25, 0.3) is 0 Å². The van der Waals surface area contributed by atoms with Crippen LogP contribution in [-0.4, -0.2) is 0 Å². The largest absolute Gasteiger partial charge is 0.320 e. The van der Waals surface area contributed by atoms with E-state index in [1.54, 1.807) is 17.4 Å². The molecular weight excluding hydrogens is 484 g/mol. The summed E-state index contributed by atoms with van der Waals surface area (Å²) in [4.78, 5) is 1.04. The zero-order valence-electron chi connectivity index (χ0n) is 8.38. The van der Waals surface area contributed by atoms with E-state index >= 15 is 0 Å². The molecule has 1 unspecified atom stereocenters. The van der Waals surface area contributed by atoms with Crippen LogP contribution in [0.3, 0.4) is 0 Å². The van der Waals surface area contributed by atoms with Gasteiger partial charge in [0.05, 0.1) is 9.83 Å². The van der Waals surface area contributed by atoms with Crippen LogP contribution in [0.15, 0.2) is 32.5 Å². The van der Waals surface area contributed by atoms with E-state index in [1.807, 2.05) is 6.07 Å². The number of benzene rings is 1. The molecule has 2 rings (SSSR count). The molecule has 0 radical (unpaired) electrons. The minimum Gasteiger partial charge on any atom is -0.320 e. The average Bonchev–Trinajstić information content (AvgIpc) is 2.58. The molecule has 1 atom stereocenters. The number of nitrogens with two attached hydrogens (primary N) is 1. The van der Waals surface area contributed by atoms with Gasteiger partial charge in [0.15, 0.2) is 0 Å². The standard InChI is InChI=1S/C11H7Br2FINS/c12-7-4-9(17-11(7)13)10(16)6-2-1-5(14)3-8(6)15/h1-4,10H,16H2. The van der Waals surface area contributed by atoms with Crippen molar-refractivity contribution in [1.29, 1.82) is 0 Å². The number of rotatable bonds is 2. The van der Waals surface area contributed by atoms with E-state index in [0.29, 0.717) is 0 Å². The van der Waals surface area contributed by atoms with Crippen molar-refractivity contribution in [3.05, 3.63) is 52.4 Å². The number of thiophene rings is 1. The first-order chi connectivity index (χ1) is 7.99. The molecule has 0 saturated carbocycles. The number of hydrogen-bond acceptors (Lipinski definition) is 2. The highest BCUT2D eigenvalue weighted by molar-refractivity contribution is 14.1. The van der Waals surface area contributed by atoms with Gasteiger partial charge in [0, 0.05) is 12.9 Å². The molecule has 17 heavy (non-hydrogen) atoms. The van der Waals surface area contributed by atoms with Gasteiger partial charge in [-0.15, -0.1) is 11.3 Å². The quantitative estimate of drug-likeness (QED) is 0.585. The molecule has 2 aromatic rings. The first-order valence-corrected chi connectivity index (χ1v) is 8.12. The van der Waals surface area contributed by atoms with Gasteiger partial charge < -0.3 is 5.73 Å². The van der Waals surface area contributed by atoms with Crippen LogP contribution in [0.5, 0.6) is 0 Å². The van der Waals surface area contributed by atoms with Crippen molar-refractivity contribution in [1.82, 2.24) is 0 Å². The topological polar surface area (TPSA) is 26.0 Å². The summed E-state index contributed by atoms with van der Waals surface area (Å²) < 4.78 is 15.9. The first-order valence-electron chi connectivity index (χ1n) is 4.64. The van der Waals surface area contributed by atoms with Crippen molar-refractivity contribution in [3.63, 3.8) is 0 Å². The van der Waals surface area contributed by atoms with Gasteiger partial charge >= 0.3 is 0 Å². The zero-order valence-corrected chi connectivity index (χ0v) is 14.5. The van der Waals surface area contributed by atoms with E-state index in [9.17, 15) is 4.39 Å². The number of hydrogen-bond donors (Lipinski definition) is 1. The molecule has 0 spiro atoms. The van der Waals surface area contributed by atoms with Crippen molar-refractivity contribution < 1.29 is 4.39 Å². The van der Waals surface area contributed by atoms with Crippen molar-refractivity contribution in [2.45, 2.75) is 6.04 Å². The van der Waals surface area contributed by atoms with Crippen molar-refractivity contribution in [3.8, 4) is 0 Å². The van der Waals surface area contributed by atoms with E-state index in [1.165, 1.54) is 12.1 Å². The van der Waals surface area contributed by atoms with Gasteiger partial charge in [-0.25, -0.2) is 4.39 Å². The summed E-state index contributed by atoms with van der Waals surface area (Å²) in [6.07, 6.45) is 0. The molecule has 6 heteroatoms. The molecule has 2 N–H and O–H groups in total. The van der Waals surface area contributed by atoms with Gasteiger partial charge in [-0.1, -0.05) is 6.07 Å². The first kappa shape index (κ1) is 13.9. The lowest BCUT2D eigenvalue weighted by Gasteiger charge is -2.12. The Hall–Kier alpha value is 0.500. The Labute approximate surface area is 133 Å². The summed E-state index contributed by atoms with van der Waals surface area (Å²) in [6, 6.07) is 6.43. The summed E-state index contributed by atoms with van der Waals surface area (Å²) in [7, 11) is 0. The van der Waals surface area contributed by atoms with E-state index in [2.05, 4.69) is 54.5 Å². The Balaban J connectivity index is 2.39. The van der Waals surface area contributed by atoms with Gasteiger partial charge in [-0.2, -0.15) is 0 Å². The Morgan fingerprint density at radius 1 is 1.29 bits per heavy atom. The SMILES string of the molecule is NC(c1cc(Br)c(Br)s1)c1ccc(F)cc1I. The van der Waals surface area contributed by atoms with E-state index in [-0.39, 0.29) is 11.9 Å². The molecular formula is C11H7Br2FINS. The Morgan fingerprint density at radius 2 is 2.00 bits per heavy atom. The minimum atomic E-state index is -0.237. The van der Waals surface area contributed by atoms with Gasteiger partial charge in [-0.3, -0.25) is 0 Å². The van der Waals surface area contributed by atoms with Crippen LogP contribution in [0.1, 0.15) is 16.5 Å². The third-order valence-corrected chi connectivity index (χ3v) is 6.54. The third kappa shape index (κ3) is 3.09. The molecule has 1 aromatic carbocycles. The fourth-order valence-corrected chi connectivity index (χ4v) is 4.35. The lowest BCUT2D eigenvalue weighted by molar-refractivity contribution is 0.625. The van der Waals surface area contributed by atoms with Crippen LogP contribution in [0.2, 0.25) is 0 Å². The summed E-state index contributed by atoms with van der Waals surface area (Å²) in [5, 5.41) is 0. The van der Waals surface area contributed by atoms with E-state index < -0.39 is 0 Å². The summed E-state index contributed by atoms with van der Waals surface area (Å²) in [5.41, 5.74) is 7.13. The Bertz CT molecular complexity index is 539. The molecule has 0 aliphatic rings. The van der Waals surface area contributed by atoms with E-state index in [0.717, 1.165) is 22.3 Å². The third-order valence-electron chi connectivity index (χ3n) is 2.27. The Kier molecular flexibility index (Phi) is 4.62. The lowest BCUT2D eigenvalue weighted by Crippen LogP contribution is -2.11. The molecule has 0 bridgehead atoms. The average molecular weight is 491 g/mol. The van der Waals surface area contributed by atoms with E-state index in [4.69, 9.17) is 5.73 Å². The summed E-state index contributed by atoms with van der Waals surface area (Å²) in [5.74, 6) is -0.237. The molecule has 1 heterocycles. The molecule has 0 fully saturated rings. The van der Waals surface area contributed by atoms with Crippen molar-refractivity contribution >= 4 is 65.8 Å². The normalized spacial score (nSPS) is 12.8. The molecule has 90 valence electrons. The molecule has 0 aliphatic heterocycles. The van der Waals surface area contributed by atoms with Crippen molar-refractivity contribution in [2.24, 2.45) is 5.73 Å². The zero-order chi connectivity index (χ0) is 12.6. The highest BCUT2D eigenvalue weighted by Crippen LogP contribution is 2.37. The van der Waals surface area contributed by atoms with Gasteiger partial charge in [0.25, 0.3) is 0 Å². The second-order valence-electron chi connectivity index (χ2n) is 3.41. The molecule has 0 saturated heterocycles. The summed E-state index contributed by atoms with van der Waals surface area (Å²) in [6.45, 7) is 0. The van der Waals surface area contributed by atoms with Crippen LogP contribution in [0.4, 0.5) is 4.39 Å². The molecule has 0 amide bonds. The summed E-state index contributed by atoms with van der Waals surface area (Å²) >= 11 is 10.6. The predicted molar refractivity (Wildman–Crippen MR) is 84.9 cm³/mol. The van der Waals surface area contributed by atoms with Crippen LogP contribution in [0, 0.1) is 9.39 Å². The second kappa shape index (κ2) is 5.64. The fourth-order valence-electron chi connectivity index (χ4n) is 1.42. The Morgan fingerprint density at radius 3 is 2.53 bits per heavy atom. The maximum atomic E-state index is 13.0. The molecule has 0 aliphatic carbocycles. The highest BCUT2D eigenvalue weighted by Gasteiger charge is 2.16. The lowest BCUT2D eigenvalue weighted by atomic mass is 10.1. The van der Waals surface area contributed by atoms with Crippen LogP contribution >= 0.6 is 65.8 Å². The maximum Gasteiger partial charge on any atom is 0.124 e. The number of halogens is 4. The molecule has 1 aromatic heterocycles. The van der Waals surface area contributed by atoms with Gasteiger partial charge in [-0.05, 0) is 78.2 Å². The van der Waals surface area contributed by atoms with Gasteiger partial charge in [0.2, 0.25) is 0 Å². The minimum absolute atomic E-state index is 0.227. The van der Waals surface area contributed by atoms with Crippen LogP contribution < -0.4 is 5.73 Å². The van der Waals surface area contributed by atoms with Gasteiger partial charge in [0.1, 0.15) is 5.82 Å². The maximum absolute atomic E-state index is 13.0. The second-order valence-corrected chi connectivity index (χ2v) is 7.83. The fraction of sp³-hybridized carbons (Fsp3) is 0.0909. The predicted octanol–water partition coefficient (Wildman–Crippen LogP) is 5.06. The monoisotopic (exact) mass is 489 g/mol. The molecule has 1 nitrogen and oxygen atoms in total.